The highest BCUT2D eigenvalue weighted by Crippen LogP contribution is 2.31. The molecule has 0 atom stereocenters. The number of hydrogen-bond donors (Lipinski definition) is 2. The molecule has 0 aromatic heterocycles. The van der Waals surface area contributed by atoms with Crippen molar-refractivity contribution < 1.29 is 9.59 Å². The normalized spacial score (nSPS) is 19.7. The van der Waals surface area contributed by atoms with Gasteiger partial charge in [-0.25, -0.2) is 0 Å². The van der Waals surface area contributed by atoms with Crippen molar-refractivity contribution in [3.63, 3.8) is 0 Å². The Morgan fingerprint density at radius 2 is 2.18 bits per heavy atom. The molecule has 1 aliphatic carbocycles. The predicted molar refractivity (Wildman–Crippen MR) is 39.8 cm³/mol. The van der Waals surface area contributed by atoms with E-state index < -0.39 is 5.54 Å². The van der Waals surface area contributed by atoms with Gasteiger partial charge in [-0.15, -0.1) is 0 Å². The van der Waals surface area contributed by atoms with Gasteiger partial charge in [-0.2, -0.15) is 0 Å². The molecular weight excluding hydrogens is 144 g/mol. The van der Waals surface area contributed by atoms with E-state index >= 15 is 0 Å². The summed E-state index contributed by atoms with van der Waals surface area (Å²) in [6, 6.07) is 0. The van der Waals surface area contributed by atoms with Crippen molar-refractivity contribution in [2.75, 3.05) is 7.05 Å². The Kier molecular flexibility index (Phi) is 2.12. The molecule has 1 aliphatic rings. The Labute approximate surface area is 65.3 Å². The maximum atomic E-state index is 11.2. The molecule has 1 rings (SSSR count). The highest BCUT2D eigenvalue weighted by Gasteiger charge is 2.43. The molecule has 0 radical (unpaired) electrons. The summed E-state index contributed by atoms with van der Waals surface area (Å²) in [4.78, 5) is 21.3. The van der Waals surface area contributed by atoms with Crippen LogP contribution in [-0.2, 0) is 9.59 Å². The molecule has 4 heteroatoms. The first-order valence-corrected chi connectivity index (χ1v) is 3.69. The van der Waals surface area contributed by atoms with Crippen LogP contribution in [-0.4, -0.2) is 24.9 Å². The molecule has 1 saturated carbocycles. The van der Waals surface area contributed by atoms with E-state index in [1.54, 1.807) is 7.05 Å². The molecule has 11 heavy (non-hydrogen) atoms. The largest absolute Gasteiger partial charge is 0.357 e. The fourth-order valence-electron chi connectivity index (χ4n) is 1.32. The lowest BCUT2D eigenvalue weighted by atomic mass is 9.76. The maximum absolute atomic E-state index is 11.2. The van der Waals surface area contributed by atoms with Crippen molar-refractivity contribution in [1.82, 2.24) is 10.6 Å². The van der Waals surface area contributed by atoms with Crippen LogP contribution in [0.2, 0.25) is 0 Å². The Balaban J connectivity index is 2.59. The van der Waals surface area contributed by atoms with Crippen LogP contribution in [0.25, 0.3) is 0 Å². The van der Waals surface area contributed by atoms with Gasteiger partial charge in [0, 0.05) is 7.05 Å². The van der Waals surface area contributed by atoms with Gasteiger partial charge in [-0.1, -0.05) is 0 Å². The van der Waals surface area contributed by atoms with Gasteiger partial charge < -0.3 is 10.6 Å². The molecule has 4 nitrogen and oxygen atoms in total. The van der Waals surface area contributed by atoms with Crippen LogP contribution in [0, 0.1) is 0 Å². The molecular formula is C7H12N2O2. The van der Waals surface area contributed by atoms with E-state index in [4.69, 9.17) is 0 Å². The zero-order chi connectivity index (χ0) is 8.32. The molecule has 2 amide bonds. The van der Waals surface area contributed by atoms with E-state index in [2.05, 4.69) is 10.6 Å². The fourth-order valence-corrected chi connectivity index (χ4v) is 1.32. The third-order valence-corrected chi connectivity index (χ3v) is 2.20. The summed E-state index contributed by atoms with van der Waals surface area (Å²) < 4.78 is 0. The van der Waals surface area contributed by atoms with E-state index in [1.807, 2.05) is 0 Å². The van der Waals surface area contributed by atoms with Crippen molar-refractivity contribution in [2.24, 2.45) is 0 Å². The number of hydrogen-bond acceptors (Lipinski definition) is 2. The number of rotatable bonds is 3. The van der Waals surface area contributed by atoms with E-state index in [0.29, 0.717) is 6.41 Å². The minimum absolute atomic E-state index is 0.0872. The van der Waals surface area contributed by atoms with Gasteiger partial charge in [0.15, 0.2) is 0 Å². The van der Waals surface area contributed by atoms with Crippen molar-refractivity contribution in [3.8, 4) is 0 Å². The van der Waals surface area contributed by atoms with Crippen molar-refractivity contribution >= 4 is 12.3 Å². The highest BCUT2D eigenvalue weighted by molar-refractivity contribution is 5.88. The smallest absolute Gasteiger partial charge is 0.245 e. The number of carbonyl (C=O) groups excluding carboxylic acids is 2. The molecule has 0 saturated heterocycles. The van der Waals surface area contributed by atoms with Crippen LogP contribution in [0.5, 0.6) is 0 Å². The summed E-state index contributed by atoms with van der Waals surface area (Å²) in [7, 11) is 1.58. The van der Waals surface area contributed by atoms with Crippen LogP contribution >= 0.6 is 0 Å². The lowest BCUT2D eigenvalue weighted by Gasteiger charge is -2.39. The molecule has 2 N–H and O–H groups in total. The Morgan fingerprint density at radius 1 is 1.55 bits per heavy atom. The second-order valence-corrected chi connectivity index (χ2v) is 2.78. The highest BCUT2D eigenvalue weighted by atomic mass is 16.2. The molecule has 62 valence electrons. The van der Waals surface area contributed by atoms with Crippen molar-refractivity contribution in [2.45, 2.75) is 24.8 Å². The second-order valence-electron chi connectivity index (χ2n) is 2.78. The summed E-state index contributed by atoms with van der Waals surface area (Å²) in [6.07, 6.45) is 3.11. The van der Waals surface area contributed by atoms with E-state index in [0.717, 1.165) is 19.3 Å². The van der Waals surface area contributed by atoms with Gasteiger partial charge in [0.25, 0.3) is 0 Å². The van der Waals surface area contributed by atoms with E-state index in [9.17, 15) is 9.59 Å². The average Bonchev–Trinajstić information content (AvgIpc) is 1.95. The first kappa shape index (κ1) is 8.04. The minimum Gasteiger partial charge on any atom is -0.357 e. The van der Waals surface area contributed by atoms with Crippen molar-refractivity contribution in [3.05, 3.63) is 0 Å². The molecule has 0 spiro atoms. The van der Waals surface area contributed by atoms with Crippen molar-refractivity contribution in [1.29, 1.82) is 0 Å². The van der Waals surface area contributed by atoms with Crippen LogP contribution in [0.3, 0.4) is 0 Å². The summed E-state index contributed by atoms with van der Waals surface area (Å²) in [5.41, 5.74) is -0.587. The SMILES string of the molecule is CNC(=O)C1(NC=O)CCC1. The van der Waals surface area contributed by atoms with Gasteiger partial charge in [0.1, 0.15) is 5.54 Å². The zero-order valence-corrected chi connectivity index (χ0v) is 6.52. The first-order chi connectivity index (χ1) is 5.25. The monoisotopic (exact) mass is 156 g/mol. The van der Waals surface area contributed by atoms with Gasteiger partial charge in [0.2, 0.25) is 12.3 Å². The fraction of sp³-hybridized carbons (Fsp3) is 0.714. The Bertz CT molecular complexity index is 175. The molecule has 0 bridgehead atoms. The topological polar surface area (TPSA) is 58.2 Å². The van der Waals surface area contributed by atoms with Gasteiger partial charge in [0.05, 0.1) is 0 Å². The predicted octanol–water partition coefficient (Wildman–Crippen LogP) is -0.599. The minimum atomic E-state index is -0.587. The summed E-state index contributed by atoms with van der Waals surface area (Å²) >= 11 is 0. The molecule has 0 aromatic rings. The molecule has 0 aliphatic heterocycles. The van der Waals surface area contributed by atoms with Gasteiger partial charge in [-0.05, 0) is 19.3 Å². The number of amides is 2. The van der Waals surface area contributed by atoms with Crippen LogP contribution in [0.4, 0.5) is 0 Å². The van der Waals surface area contributed by atoms with Crippen LogP contribution < -0.4 is 10.6 Å². The summed E-state index contributed by atoms with van der Waals surface area (Å²) in [5, 5.41) is 5.09. The summed E-state index contributed by atoms with van der Waals surface area (Å²) in [6.45, 7) is 0. The van der Waals surface area contributed by atoms with Crippen LogP contribution in [0.15, 0.2) is 0 Å². The number of nitrogens with one attached hydrogen (secondary N) is 2. The first-order valence-electron chi connectivity index (χ1n) is 3.69. The van der Waals surface area contributed by atoms with E-state index in [1.165, 1.54) is 0 Å². The molecule has 0 heterocycles. The Hall–Kier alpha value is -1.06. The third-order valence-electron chi connectivity index (χ3n) is 2.20. The summed E-state index contributed by atoms with van der Waals surface area (Å²) in [5.74, 6) is -0.0872. The van der Waals surface area contributed by atoms with Gasteiger partial charge >= 0.3 is 0 Å². The maximum Gasteiger partial charge on any atom is 0.245 e. The number of carbonyl (C=O) groups is 2. The Morgan fingerprint density at radius 3 is 2.45 bits per heavy atom. The van der Waals surface area contributed by atoms with E-state index in [-0.39, 0.29) is 5.91 Å². The second kappa shape index (κ2) is 2.90. The van der Waals surface area contributed by atoms with Crippen LogP contribution in [0.1, 0.15) is 19.3 Å². The number of likely N-dealkylation sites (N-methyl/N-ethyl adjacent to an activating group) is 1. The average molecular weight is 156 g/mol. The zero-order valence-electron chi connectivity index (χ0n) is 6.52. The lowest BCUT2D eigenvalue weighted by Crippen LogP contribution is -2.60. The standard InChI is InChI=1S/C7H12N2O2/c1-8-6(11)7(9-5-10)3-2-4-7/h5H,2-4H2,1H3,(H,8,11)(H,9,10). The lowest BCUT2D eigenvalue weighted by molar-refractivity contribution is -0.133. The van der Waals surface area contributed by atoms with Gasteiger partial charge in [-0.3, -0.25) is 9.59 Å². The quantitative estimate of drug-likeness (QED) is 0.536. The molecule has 0 aromatic carbocycles. The molecule has 0 unspecified atom stereocenters. The third kappa shape index (κ3) is 1.20. The molecule has 1 fully saturated rings.